The molecule has 0 radical (unpaired) electrons. The van der Waals surface area contributed by atoms with Gasteiger partial charge in [0.2, 0.25) is 0 Å². The summed E-state index contributed by atoms with van der Waals surface area (Å²) >= 11 is 6.24. The van der Waals surface area contributed by atoms with Gasteiger partial charge < -0.3 is 10.6 Å². The van der Waals surface area contributed by atoms with Crippen LogP contribution in [-0.2, 0) is 4.79 Å². The number of rotatable bonds is 5. The summed E-state index contributed by atoms with van der Waals surface area (Å²) in [6, 6.07) is 21.6. The largest absolute Gasteiger partial charge is 0.320 e. The van der Waals surface area contributed by atoms with Crippen LogP contribution >= 0.6 is 11.6 Å². The van der Waals surface area contributed by atoms with Crippen molar-refractivity contribution in [1.82, 2.24) is 5.32 Å². The molecule has 0 aromatic heterocycles. The van der Waals surface area contributed by atoms with E-state index >= 15 is 0 Å². The third kappa shape index (κ3) is 5.33. The topological polar surface area (TPSA) is 58.2 Å². The van der Waals surface area contributed by atoms with Crippen LogP contribution in [0.3, 0.4) is 0 Å². The zero-order valence-corrected chi connectivity index (χ0v) is 17.0. The average Bonchev–Trinajstić information content (AvgIpc) is 2.71. The van der Waals surface area contributed by atoms with Gasteiger partial charge in [-0.05, 0) is 55.3 Å². The minimum Gasteiger partial charge on any atom is -0.320 e. The third-order valence-electron chi connectivity index (χ3n) is 4.36. The lowest BCUT2D eigenvalue weighted by molar-refractivity contribution is -0.113. The van der Waals surface area contributed by atoms with Crippen molar-refractivity contribution < 1.29 is 9.59 Å². The second-order valence-electron chi connectivity index (χ2n) is 6.67. The van der Waals surface area contributed by atoms with Crippen molar-refractivity contribution in [3.05, 3.63) is 106 Å². The lowest BCUT2D eigenvalue weighted by Crippen LogP contribution is -2.30. The van der Waals surface area contributed by atoms with E-state index in [4.69, 9.17) is 11.6 Å². The molecule has 3 rings (SSSR count). The fourth-order valence-corrected chi connectivity index (χ4v) is 3.02. The number of anilines is 1. The van der Waals surface area contributed by atoms with Gasteiger partial charge in [0, 0.05) is 16.3 Å². The van der Waals surface area contributed by atoms with Gasteiger partial charge in [-0.3, -0.25) is 9.59 Å². The summed E-state index contributed by atoms with van der Waals surface area (Å²) in [5.74, 6) is -0.805. The van der Waals surface area contributed by atoms with Crippen LogP contribution in [0.2, 0.25) is 5.02 Å². The van der Waals surface area contributed by atoms with Crippen molar-refractivity contribution in [3.63, 3.8) is 0 Å². The van der Waals surface area contributed by atoms with E-state index in [1.807, 2.05) is 44.2 Å². The molecule has 3 aromatic rings. The highest BCUT2D eigenvalue weighted by Crippen LogP contribution is 2.20. The molecule has 0 aliphatic rings. The van der Waals surface area contributed by atoms with E-state index < -0.39 is 5.91 Å². The molecular formula is C24H21ClN2O2. The highest BCUT2D eigenvalue weighted by Gasteiger charge is 2.16. The van der Waals surface area contributed by atoms with Gasteiger partial charge in [-0.1, -0.05) is 65.7 Å². The molecule has 146 valence electrons. The van der Waals surface area contributed by atoms with E-state index in [9.17, 15) is 9.59 Å². The smallest absolute Gasteiger partial charge is 0.272 e. The van der Waals surface area contributed by atoms with Crippen LogP contribution in [0.15, 0.2) is 78.5 Å². The van der Waals surface area contributed by atoms with Gasteiger partial charge in [0.1, 0.15) is 5.70 Å². The van der Waals surface area contributed by atoms with Crippen LogP contribution in [0.25, 0.3) is 6.08 Å². The van der Waals surface area contributed by atoms with Crippen molar-refractivity contribution in [1.29, 1.82) is 0 Å². The SMILES string of the molecule is Cc1ccc(NC(=O)C(=Cc2ccccc2Cl)NC(=O)c2ccccc2)c(C)c1. The fraction of sp³-hybridized carbons (Fsp3) is 0.0833. The highest BCUT2D eigenvalue weighted by atomic mass is 35.5. The van der Waals surface area contributed by atoms with E-state index in [0.717, 1.165) is 11.1 Å². The molecule has 2 amide bonds. The zero-order chi connectivity index (χ0) is 20.8. The number of halogens is 1. The van der Waals surface area contributed by atoms with Crippen LogP contribution in [0.5, 0.6) is 0 Å². The Morgan fingerprint density at radius 1 is 0.897 bits per heavy atom. The Hall–Kier alpha value is -3.37. The zero-order valence-electron chi connectivity index (χ0n) is 16.2. The van der Waals surface area contributed by atoms with Crippen LogP contribution in [0.1, 0.15) is 27.0 Å². The first-order valence-electron chi connectivity index (χ1n) is 9.15. The first-order chi connectivity index (χ1) is 13.9. The van der Waals surface area contributed by atoms with Crippen LogP contribution < -0.4 is 10.6 Å². The molecule has 2 N–H and O–H groups in total. The Morgan fingerprint density at radius 3 is 2.28 bits per heavy atom. The van der Waals surface area contributed by atoms with Gasteiger partial charge in [-0.15, -0.1) is 0 Å². The van der Waals surface area contributed by atoms with Crippen molar-refractivity contribution in [2.45, 2.75) is 13.8 Å². The average molecular weight is 405 g/mol. The molecule has 0 spiro atoms. The number of aryl methyl sites for hydroxylation is 2. The Balaban J connectivity index is 1.92. The maximum Gasteiger partial charge on any atom is 0.272 e. The van der Waals surface area contributed by atoms with Gasteiger partial charge in [0.05, 0.1) is 0 Å². The Bertz CT molecular complexity index is 1080. The molecule has 5 heteroatoms. The standard InChI is InChI=1S/C24H21ClN2O2/c1-16-12-13-21(17(2)14-16)26-24(29)22(15-19-10-6-7-11-20(19)25)27-23(28)18-8-4-3-5-9-18/h3-15H,1-2H3,(H,26,29)(H,27,28). The molecule has 0 unspecified atom stereocenters. The molecule has 0 aliphatic heterocycles. The molecule has 0 fully saturated rings. The maximum absolute atomic E-state index is 13.0. The molecule has 3 aromatic carbocycles. The Labute approximate surface area is 175 Å². The lowest BCUT2D eigenvalue weighted by atomic mass is 10.1. The van der Waals surface area contributed by atoms with E-state index in [2.05, 4.69) is 10.6 Å². The van der Waals surface area contributed by atoms with Gasteiger partial charge in [0.15, 0.2) is 0 Å². The summed E-state index contributed by atoms with van der Waals surface area (Å²) in [5.41, 5.74) is 3.91. The van der Waals surface area contributed by atoms with E-state index in [-0.39, 0.29) is 11.6 Å². The quantitative estimate of drug-likeness (QED) is 0.562. The van der Waals surface area contributed by atoms with E-state index in [1.54, 1.807) is 48.5 Å². The number of hydrogen-bond donors (Lipinski definition) is 2. The molecule has 0 atom stereocenters. The predicted molar refractivity (Wildman–Crippen MR) is 118 cm³/mol. The number of nitrogens with one attached hydrogen (secondary N) is 2. The summed E-state index contributed by atoms with van der Waals surface area (Å²) in [5, 5.41) is 6.06. The van der Waals surface area contributed by atoms with Crippen molar-refractivity contribution >= 4 is 35.2 Å². The second kappa shape index (κ2) is 9.22. The van der Waals surface area contributed by atoms with Crippen LogP contribution in [0, 0.1) is 13.8 Å². The minimum absolute atomic E-state index is 0.104. The maximum atomic E-state index is 13.0. The van der Waals surface area contributed by atoms with Gasteiger partial charge in [-0.2, -0.15) is 0 Å². The fourth-order valence-electron chi connectivity index (χ4n) is 2.83. The highest BCUT2D eigenvalue weighted by molar-refractivity contribution is 6.32. The summed E-state index contributed by atoms with van der Waals surface area (Å²) in [7, 11) is 0. The molecule has 0 aliphatic carbocycles. The summed E-state index contributed by atoms with van der Waals surface area (Å²) in [6.07, 6.45) is 1.57. The first-order valence-corrected chi connectivity index (χ1v) is 9.53. The first kappa shape index (κ1) is 20.4. The number of carbonyl (C=O) groups excluding carboxylic acids is 2. The molecule has 0 heterocycles. The normalized spacial score (nSPS) is 11.1. The van der Waals surface area contributed by atoms with Crippen molar-refractivity contribution in [2.24, 2.45) is 0 Å². The summed E-state index contributed by atoms with van der Waals surface area (Å²) in [4.78, 5) is 25.6. The molecule has 0 saturated carbocycles. The summed E-state index contributed by atoms with van der Waals surface area (Å²) < 4.78 is 0. The molecular weight excluding hydrogens is 384 g/mol. The Kier molecular flexibility index (Phi) is 6.47. The second-order valence-corrected chi connectivity index (χ2v) is 7.08. The van der Waals surface area contributed by atoms with Crippen molar-refractivity contribution in [3.8, 4) is 0 Å². The molecule has 0 saturated heterocycles. The molecule has 29 heavy (non-hydrogen) atoms. The number of benzene rings is 3. The predicted octanol–water partition coefficient (Wildman–Crippen LogP) is 5.37. The number of amides is 2. The van der Waals surface area contributed by atoms with Crippen molar-refractivity contribution in [2.75, 3.05) is 5.32 Å². The lowest BCUT2D eigenvalue weighted by Gasteiger charge is -2.13. The monoisotopic (exact) mass is 404 g/mol. The minimum atomic E-state index is -0.429. The number of carbonyl (C=O) groups is 2. The Morgan fingerprint density at radius 2 is 1.59 bits per heavy atom. The summed E-state index contributed by atoms with van der Waals surface area (Å²) in [6.45, 7) is 3.91. The molecule has 4 nitrogen and oxygen atoms in total. The van der Waals surface area contributed by atoms with Crippen LogP contribution in [0.4, 0.5) is 5.69 Å². The third-order valence-corrected chi connectivity index (χ3v) is 4.71. The van der Waals surface area contributed by atoms with Gasteiger partial charge in [-0.25, -0.2) is 0 Å². The van der Waals surface area contributed by atoms with Gasteiger partial charge in [0.25, 0.3) is 11.8 Å². The number of hydrogen-bond acceptors (Lipinski definition) is 2. The van der Waals surface area contributed by atoms with E-state index in [1.165, 1.54) is 0 Å². The molecule has 0 bridgehead atoms. The van der Waals surface area contributed by atoms with Crippen LogP contribution in [-0.4, -0.2) is 11.8 Å². The van der Waals surface area contributed by atoms with E-state index in [0.29, 0.717) is 21.8 Å². The van der Waals surface area contributed by atoms with Gasteiger partial charge >= 0.3 is 0 Å².